The van der Waals surface area contributed by atoms with Gasteiger partial charge in [-0.1, -0.05) is 83.6 Å². The van der Waals surface area contributed by atoms with Gasteiger partial charge < -0.3 is 10.2 Å². The number of halogens is 1. The van der Waals surface area contributed by atoms with E-state index in [1.165, 1.54) is 11.3 Å². The normalized spacial score (nSPS) is 17.5. The van der Waals surface area contributed by atoms with Crippen molar-refractivity contribution >= 4 is 56.0 Å². The minimum atomic E-state index is -0.721. The van der Waals surface area contributed by atoms with Crippen molar-refractivity contribution in [1.29, 1.82) is 0 Å². The number of fused-ring (bicyclic) bond motifs is 2. The summed E-state index contributed by atoms with van der Waals surface area (Å²) in [7, 11) is 1.70. The molecule has 3 aromatic carbocycles. The van der Waals surface area contributed by atoms with Gasteiger partial charge in [0.2, 0.25) is 0 Å². The van der Waals surface area contributed by atoms with Gasteiger partial charge in [0.05, 0.1) is 28.6 Å². The molecule has 6 rings (SSSR count). The van der Waals surface area contributed by atoms with E-state index in [1.54, 1.807) is 23.4 Å². The standard InChI is InChI=1S/C32H27BrN4O3S/c1-17(2)19-10-12-20(13-11-19)27-25(29(38)35-22-8-6-5-7-9-22)18(3)34-32-37(27)31(40)28(41-32)26-23-16-21(33)14-15-24(23)36(4)30(26)39/h5-17,27H,1-4H3,(H,35,38)/b28-26-/t27-/m0/s1. The van der Waals surface area contributed by atoms with E-state index in [9.17, 15) is 14.4 Å². The molecule has 9 heteroatoms. The molecule has 0 saturated carbocycles. The van der Waals surface area contributed by atoms with E-state index < -0.39 is 6.04 Å². The van der Waals surface area contributed by atoms with E-state index in [0.29, 0.717) is 43.3 Å². The fourth-order valence-corrected chi connectivity index (χ4v) is 6.87. The number of aromatic nitrogens is 1. The second kappa shape index (κ2) is 10.4. The highest BCUT2D eigenvalue weighted by Crippen LogP contribution is 2.36. The molecule has 0 saturated heterocycles. The van der Waals surface area contributed by atoms with Crippen LogP contribution in [0.1, 0.15) is 49.4 Å². The third-order valence-corrected chi connectivity index (χ3v) is 9.07. The first kappa shape index (κ1) is 27.1. The van der Waals surface area contributed by atoms with Crippen LogP contribution in [0.15, 0.2) is 98.3 Å². The van der Waals surface area contributed by atoms with Crippen LogP contribution in [0.4, 0.5) is 11.4 Å². The van der Waals surface area contributed by atoms with E-state index in [-0.39, 0.29) is 17.4 Å². The number of nitrogens with one attached hydrogen (secondary N) is 1. The van der Waals surface area contributed by atoms with E-state index in [2.05, 4.69) is 35.1 Å². The van der Waals surface area contributed by atoms with Crippen LogP contribution in [-0.2, 0) is 9.59 Å². The van der Waals surface area contributed by atoms with Gasteiger partial charge in [0.25, 0.3) is 17.4 Å². The Balaban J connectivity index is 1.59. The average Bonchev–Trinajstić information content (AvgIpc) is 3.39. The van der Waals surface area contributed by atoms with Gasteiger partial charge in [0.1, 0.15) is 4.53 Å². The zero-order chi connectivity index (χ0) is 29.0. The molecule has 0 spiro atoms. The van der Waals surface area contributed by atoms with Gasteiger partial charge in [0.15, 0.2) is 4.80 Å². The maximum atomic E-state index is 14.3. The molecule has 3 heterocycles. The molecule has 7 nitrogen and oxygen atoms in total. The summed E-state index contributed by atoms with van der Waals surface area (Å²) < 4.78 is 2.68. The molecule has 41 heavy (non-hydrogen) atoms. The molecular weight excluding hydrogens is 600 g/mol. The summed E-state index contributed by atoms with van der Waals surface area (Å²) in [5, 5.41) is 2.98. The summed E-state index contributed by atoms with van der Waals surface area (Å²) in [6, 6.07) is 22.1. The topological polar surface area (TPSA) is 83.8 Å². The first-order valence-electron chi connectivity index (χ1n) is 13.2. The van der Waals surface area contributed by atoms with Gasteiger partial charge in [-0.05, 0) is 54.3 Å². The van der Waals surface area contributed by atoms with Gasteiger partial charge >= 0.3 is 0 Å². The molecular formula is C32H27BrN4O3S. The Morgan fingerprint density at radius 1 is 1.02 bits per heavy atom. The second-order valence-electron chi connectivity index (χ2n) is 10.4. The molecule has 1 aromatic heterocycles. The number of carbonyl (C=O) groups excluding carboxylic acids is 2. The van der Waals surface area contributed by atoms with Gasteiger partial charge in [0, 0.05) is 22.8 Å². The lowest BCUT2D eigenvalue weighted by Crippen LogP contribution is -2.41. The third kappa shape index (κ3) is 4.59. The number of anilines is 2. The fourth-order valence-electron chi connectivity index (χ4n) is 5.37. The summed E-state index contributed by atoms with van der Waals surface area (Å²) in [6.07, 6.45) is 0. The third-order valence-electron chi connectivity index (χ3n) is 7.53. The van der Waals surface area contributed by atoms with Crippen LogP contribution in [0.25, 0.3) is 5.57 Å². The zero-order valence-electron chi connectivity index (χ0n) is 22.9. The van der Waals surface area contributed by atoms with E-state index in [1.807, 2.05) is 72.8 Å². The molecule has 2 aliphatic rings. The number of hydrogen-bond donors (Lipinski definition) is 1. The smallest absolute Gasteiger partial charge is 0.271 e. The van der Waals surface area contributed by atoms with Crippen LogP contribution in [0.3, 0.4) is 0 Å². The van der Waals surface area contributed by atoms with Crippen LogP contribution < -0.4 is 25.1 Å². The van der Waals surface area contributed by atoms with Crippen LogP contribution in [0.2, 0.25) is 0 Å². The molecule has 0 aliphatic carbocycles. The minimum absolute atomic E-state index is 0.251. The molecule has 206 valence electrons. The van der Waals surface area contributed by atoms with E-state index >= 15 is 0 Å². The first-order chi connectivity index (χ1) is 19.7. The monoisotopic (exact) mass is 626 g/mol. The summed E-state index contributed by atoms with van der Waals surface area (Å²) in [6.45, 7) is 6.03. The number of nitrogens with zero attached hydrogens (tertiary/aromatic N) is 3. The average molecular weight is 628 g/mol. The number of para-hydroxylation sites is 1. The Morgan fingerprint density at radius 3 is 2.41 bits per heavy atom. The van der Waals surface area contributed by atoms with Crippen molar-refractivity contribution in [2.75, 3.05) is 17.3 Å². The van der Waals surface area contributed by atoms with Gasteiger partial charge in [-0.25, -0.2) is 4.99 Å². The van der Waals surface area contributed by atoms with Crippen LogP contribution in [0, 0.1) is 0 Å². The van der Waals surface area contributed by atoms with Crippen molar-refractivity contribution in [3.63, 3.8) is 0 Å². The van der Waals surface area contributed by atoms with Gasteiger partial charge in [-0.15, -0.1) is 0 Å². The lowest BCUT2D eigenvalue weighted by Gasteiger charge is -2.25. The zero-order valence-corrected chi connectivity index (χ0v) is 25.3. The fraction of sp³-hybridized carbons (Fsp3) is 0.188. The minimum Gasteiger partial charge on any atom is -0.322 e. The molecule has 0 radical (unpaired) electrons. The van der Waals surface area contributed by atoms with Crippen LogP contribution >= 0.6 is 27.3 Å². The number of amides is 2. The highest BCUT2D eigenvalue weighted by Gasteiger charge is 2.36. The molecule has 2 aliphatic heterocycles. The summed E-state index contributed by atoms with van der Waals surface area (Å²) in [5.74, 6) is -0.256. The van der Waals surface area contributed by atoms with E-state index in [4.69, 9.17) is 4.99 Å². The highest BCUT2D eigenvalue weighted by atomic mass is 79.9. The number of rotatable bonds is 4. The Morgan fingerprint density at radius 2 is 1.73 bits per heavy atom. The van der Waals surface area contributed by atoms with Crippen molar-refractivity contribution in [3.05, 3.63) is 125 Å². The lowest BCUT2D eigenvalue weighted by molar-refractivity contribution is -0.113. The van der Waals surface area contributed by atoms with Crippen LogP contribution in [-0.4, -0.2) is 23.4 Å². The summed E-state index contributed by atoms with van der Waals surface area (Å²) in [4.78, 5) is 48.3. The molecule has 0 fully saturated rings. The lowest BCUT2D eigenvalue weighted by atomic mass is 9.93. The second-order valence-corrected chi connectivity index (χ2v) is 12.3. The SMILES string of the molecule is CC1=C(C(=O)Nc2ccccc2)[C@H](c2ccc(C(C)C)cc2)n2c(s/c(=C3\C(=O)N(C)c4ccc(Br)cc43)c2=O)=N1. The number of allylic oxidation sites excluding steroid dienone is 1. The Kier molecular flexibility index (Phi) is 6.87. The first-order valence-corrected chi connectivity index (χ1v) is 14.9. The van der Waals surface area contributed by atoms with Crippen molar-refractivity contribution in [3.8, 4) is 0 Å². The Hall–Kier alpha value is -4.08. The number of carbonyl (C=O) groups is 2. The quantitative estimate of drug-likeness (QED) is 0.342. The molecule has 4 aromatic rings. The molecule has 0 unspecified atom stereocenters. The molecule has 2 amide bonds. The van der Waals surface area contributed by atoms with Crippen molar-refractivity contribution in [2.24, 2.45) is 4.99 Å². The predicted octanol–water partition coefficient (Wildman–Crippen LogP) is 5.11. The molecule has 1 atom stereocenters. The van der Waals surface area contributed by atoms with Crippen molar-refractivity contribution < 1.29 is 9.59 Å². The summed E-state index contributed by atoms with van der Waals surface area (Å²) >= 11 is 4.68. The van der Waals surface area contributed by atoms with Crippen LogP contribution in [0.5, 0.6) is 0 Å². The predicted molar refractivity (Wildman–Crippen MR) is 166 cm³/mol. The Bertz CT molecular complexity index is 1940. The number of likely N-dealkylation sites (N-methyl/N-ethyl adjacent to an activating group) is 1. The van der Waals surface area contributed by atoms with Crippen molar-refractivity contribution in [2.45, 2.75) is 32.7 Å². The maximum absolute atomic E-state index is 14.3. The van der Waals surface area contributed by atoms with Crippen molar-refractivity contribution in [1.82, 2.24) is 4.57 Å². The Labute approximate surface area is 249 Å². The number of hydrogen-bond acceptors (Lipinski definition) is 5. The molecule has 1 N–H and O–H groups in total. The number of benzene rings is 3. The number of thiazole rings is 1. The maximum Gasteiger partial charge on any atom is 0.271 e. The highest BCUT2D eigenvalue weighted by molar-refractivity contribution is 9.10. The van der Waals surface area contributed by atoms with Gasteiger partial charge in [-0.2, -0.15) is 0 Å². The molecule has 0 bridgehead atoms. The summed E-state index contributed by atoms with van der Waals surface area (Å²) in [5.41, 5.74) is 4.91. The van der Waals surface area contributed by atoms with Gasteiger partial charge in [-0.3, -0.25) is 19.0 Å². The van der Waals surface area contributed by atoms with E-state index in [0.717, 1.165) is 21.3 Å². The largest absolute Gasteiger partial charge is 0.322 e.